The first-order valence-corrected chi connectivity index (χ1v) is 11.4. The molecule has 0 aliphatic heterocycles. The van der Waals surface area contributed by atoms with Gasteiger partial charge >= 0.3 is 12.1 Å². The molecule has 12 heteroatoms. The number of alkyl halides is 3. The Morgan fingerprint density at radius 1 is 1.12 bits per heavy atom. The van der Waals surface area contributed by atoms with E-state index in [-0.39, 0.29) is 23.5 Å². The molecule has 1 aliphatic rings. The fraction of sp³-hybridized carbons (Fsp3) is 0.409. The van der Waals surface area contributed by atoms with Crippen molar-refractivity contribution in [2.75, 3.05) is 5.32 Å². The van der Waals surface area contributed by atoms with Gasteiger partial charge in [-0.25, -0.2) is 15.0 Å². The summed E-state index contributed by atoms with van der Waals surface area (Å²) in [5, 5.41) is 23.6. The molecular formula is C22H22F3N5O3S. The number of carboxylic acids is 1. The lowest BCUT2D eigenvalue weighted by atomic mass is 9.74. The zero-order chi connectivity index (χ0) is 24.5. The van der Waals surface area contributed by atoms with E-state index >= 15 is 0 Å². The van der Waals surface area contributed by atoms with Crippen LogP contribution in [0.15, 0.2) is 36.9 Å². The molecule has 34 heavy (non-hydrogen) atoms. The van der Waals surface area contributed by atoms with Gasteiger partial charge in [0.25, 0.3) is 0 Å². The molecule has 3 aromatic rings. The van der Waals surface area contributed by atoms with Crippen LogP contribution in [0.3, 0.4) is 0 Å². The molecule has 1 aliphatic carbocycles. The van der Waals surface area contributed by atoms with Crippen LogP contribution in [0.25, 0.3) is 10.6 Å². The van der Waals surface area contributed by atoms with Crippen LogP contribution in [0.5, 0.6) is 0 Å². The molecule has 0 spiro atoms. The zero-order valence-corrected chi connectivity index (χ0v) is 18.9. The molecular weight excluding hydrogens is 471 g/mol. The van der Waals surface area contributed by atoms with E-state index in [9.17, 15) is 28.2 Å². The van der Waals surface area contributed by atoms with Gasteiger partial charge in [-0.3, -0.25) is 9.78 Å². The molecule has 4 rings (SSSR count). The van der Waals surface area contributed by atoms with Gasteiger partial charge in [-0.15, -0.1) is 11.3 Å². The molecule has 1 saturated carbocycles. The van der Waals surface area contributed by atoms with Crippen LogP contribution in [0.4, 0.5) is 24.8 Å². The molecule has 1 unspecified atom stereocenters. The van der Waals surface area contributed by atoms with E-state index in [1.165, 1.54) is 23.7 Å². The van der Waals surface area contributed by atoms with Crippen LogP contribution >= 0.6 is 11.3 Å². The largest absolute Gasteiger partial charge is 0.481 e. The number of nitrogens with one attached hydrogen (secondary N) is 1. The van der Waals surface area contributed by atoms with E-state index in [2.05, 4.69) is 25.3 Å². The lowest BCUT2D eigenvalue weighted by Crippen LogP contribution is -2.35. The van der Waals surface area contributed by atoms with Gasteiger partial charge in [-0.2, -0.15) is 13.2 Å². The second-order valence-corrected chi connectivity index (χ2v) is 9.44. The number of carbonyl (C=O) groups is 1. The molecule has 0 radical (unpaired) electrons. The summed E-state index contributed by atoms with van der Waals surface area (Å²) in [5.74, 6) is -1.12. The Morgan fingerprint density at radius 2 is 1.85 bits per heavy atom. The smallest absolute Gasteiger partial charge is 0.416 e. The van der Waals surface area contributed by atoms with Crippen molar-refractivity contribution in [1.29, 1.82) is 0 Å². The molecule has 0 amide bonds. The van der Waals surface area contributed by atoms with Crippen molar-refractivity contribution in [3.8, 4) is 10.6 Å². The van der Waals surface area contributed by atoms with Gasteiger partial charge in [0.15, 0.2) is 5.82 Å². The standard InChI is InChI=1S/C22H22F3N5O3S/c1-21(33,13-4-2-12(3-5-13)19(31)32)20-28-10-16(34-20)15-9-26-11-18(29-15)30-17-8-14(6-7-27-17)22(23,24)25/h6-13,33H,2-5H2,1H3,(H,31,32)(H,27,29,30). The molecule has 1 fully saturated rings. The molecule has 8 nitrogen and oxygen atoms in total. The summed E-state index contributed by atoms with van der Waals surface area (Å²) in [7, 11) is 0. The van der Waals surface area contributed by atoms with E-state index in [1.807, 2.05) is 0 Å². The van der Waals surface area contributed by atoms with Crippen LogP contribution < -0.4 is 5.32 Å². The molecule has 1 atom stereocenters. The number of pyridine rings is 1. The van der Waals surface area contributed by atoms with Gasteiger partial charge in [0, 0.05) is 12.4 Å². The van der Waals surface area contributed by atoms with Gasteiger partial charge in [0.1, 0.15) is 22.1 Å². The molecule has 0 bridgehead atoms. The topological polar surface area (TPSA) is 121 Å². The summed E-state index contributed by atoms with van der Waals surface area (Å²) in [6, 6.07) is 1.77. The molecule has 3 N–H and O–H groups in total. The molecule has 3 aromatic heterocycles. The lowest BCUT2D eigenvalue weighted by Gasteiger charge is -2.35. The molecule has 3 heterocycles. The maximum Gasteiger partial charge on any atom is 0.416 e. The number of halogens is 3. The summed E-state index contributed by atoms with van der Waals surface area (Å²) < 4.78 is 38.8. The first-order valence-electron chi connectivity index (χ1n) is 10.6. The quantitative estimate of drug-likeness (QED) is 0.445. The SMILES string of the molecule is CC(O)(c1ncc(-c2cncc(Nc3cc(C(F)(F)F)ccn3)n2)s1)C1CCC(C(=O)O)CC1. The fourth-order valence-corrected chi connectivity index (χ4v) is 5.05. The van der Waals surface area contributed by atoms with Gasteiger partial charge < -0.3 is 15.5 Å². The number of hydrogen-bond acceptors (Lipinski definition) is 8. The number of rotatable bonds is 6. The third-order valence-electron chi connectivity index (χ3n) is 6.04. The highest BCUT2D eigenvalue weighted by Crippen LogP contribution is 2.43. The van der Waals surface area contributed by atoms with Crippen LogP contribution in [0, 0.1) is 11.8 Å². The fourth-order valence-electron chi connectivity index (χ4n) is 4.05. The van der Waals surface area contributed by atoms with E-state index in [4.69, 9.17) is 0 Å². The Bertz CT molecular complexity index is 1180. The number of hydrogen-bond donors (Lipinski definition) is 3. The number of aromatic nitrogens is 4. The van der Waals surface area contributed by atoms with Gasteiger partial charge in [0.05, 0.1) is 28.8 Å². The second-order valence-electron chi connectivity index (χ2n) is 8.41. The van der Waals surface area contributed by atoms with Gasteiger partial charge in [-0.05, 0) is 50.7 Å². The van der Waals surface area contributed by atoms with Crippen LogP contribution in [-0.4, -0.2) is 36.1 Å². The maximum absolute atomic E-state index is 12.9. The first-order chi connectivity index (χ1) is 16.0. The Morgan fingerprint density at radius 3 is 2.53 bits per heavy atom. The molecule has 180 valence electrons. The number of thiazole rings is 1. The average molecular weight is 494 g/mol. The van der Waals surface area contributed by atoms with Crippen LogP contribution in [0.1, 0.15) is 43.2 Å². The van der Waals surface area contributed by atoms with Crippen LogP contribution in [0.2, 0.25) is 0 Å². The van der Waals surface area contributed by atoms with Crippen molar-refractivity contribution in [2.24, 2.45) is 11.8 Å². The third kappa shape index (κ3) is 5.17. The van der Waals surface area contributed by atoms with Crippen molar-refractivity contribution in [3.63, 3.8) is 0 Å². The normalized spacial score (nSPS) is 20.5. The Labute approximate surface area is 197 Å². The predicted molar refractivity (Wildman–Crippen MR) is 118 cm³/mol. The lowest BCUT2D eigenvalue weighted by molar-refractivity contribution is -0.144. The van der Waals surface area contributed by atoms with Gasteiger partial charge in [-0.1, -0.05) is 0 Å². The van der Waals surface area contributed by atoms with Crippen molar-refractivity contribution < 1.29 is 28.2 Å². The minimum Gasteiger partial charge on any atom is -0.481 e. The van der Waals surface area contributed by atoms with E-state index in [0.717, 1.165) is 18.3 Å². The summed E-state index contributed by atoms with van der Waals surface area (Å²) in [6.07, 6.45) is 3.19. The number of aliphatic hydroxyl groups is 1. The summed E-state index contributed by atoms with van der Waals surface area (Å²) in [4.78, 5) is 28.6. The Hall–Kier alpha value is -3.12. The van der Waals surface area contributed by atoms with Crippen molar-refractivity contribution >= 4 is 28.9 Å². The minimum atomic E-state index is -4.49. The highest BCUT2D eigenvalue weighted by molar-refractivity contribution is 7.15. The van der Waals surface area contributed by atoms with Crippen molar-refractivity contribution in [3.05, 3.63) is 47.5 Å². The minimum absolute atomic E-state index is 0.0221. The maximum atomic E-state index is 12.9. The summed E-state index contributed by atoms with van der Waals surface area (Å²) in [6.45, 7) is 1.68. The molecule has 0 saturated heterocycles. The van der Waals surface area contributed by atoms with E-state index in [0.29, 0.717) is 41.3 Å². The first kappa shape index (κ1) is 24.0. The Balaban J connectivity index is 1.50. The van der Waals surface area contributed by atoms with Crippen LogP contribution in [-0.2, 0) is 16.6 Å². The van der Waals surface area contributed by atoms with E-state index < -0.39 is 23.3 Å². The third-order valence-corrected chi connectivity index (χ3v) is 7.29. The summed E-state index contributed by atoms with van der Waals surface area (Å²) in [5.41, 5.74) is -1.62. The number of anilines is 2. The van der Waals surface area contributed by atoms with Crippen molar-refractivity contribution in [2.45, 2.75) is 44.4 Å². The van der Waals surface area contributed by atoms with Crippen molar-refractivity contribution in [1.82, 2.24) is 19.9 Å². The zero-order valence-electron chi connectivity index (χ0n) is 18.1. The Kier molecular flexibility index (Phi) is 6.54. The average Bonchev–Trinajstić information content (AvgIpc) is 3.30. The predicted octanol–water partition coefficient (Wildman–Crippen LogP) is 4.86. The number of aliphatic carboxylic acids is 1. The molecule has 0 aromatic carbocycles. The monoisotopic (exact) mass is 493 g/mol. The van der Waals surface area contributed by atoms with E-state index in [1.54, 1.807) is 13.1 Å². The van der Waals surface area contributed by atoms with Gasteiger partial charge in [0.2, 0.25) is 0 Å². The highest BCUT2D eigenvalue weighted by atomic mass is 32.1. The number of nitrogens with zero attached hydrogens (tertiary/aromatic N) is 4. The number of carboxylic acid groups (broad SMARTS) is 1. The highest BCUT2D eigenvalue weighted by Gasteiger charge is 2.40. The second kappa shape index (κ2) is 9.26. The summed E-state index contributed by atoms with van der Waals surface area (Å²) >= 11 is 1.24.